The third-order valence-corrected chi connectivity index (χ3v) is 4.88. The maximum absolute atomic E-state index is 3.80. The van der Waals surface area contributed by atoms with Gasteiger partial charge in [0.2, 0.25) is 0 Å². The molecule has 0 amide bonds. The first kappa shape index (κ1) is 14.0. The first-order chi connectivity index (χ1) is 8.67. The molecule has 1 aliphatic rings. The zero-order valence-corrected chi connectivity index (χ0v) is 12.7. The van der Waals surface area contributed by atoms with Crippen LogP contribution in [0.15, 0.2) is 12.1 Å². The summed E-state index contributed by atoms with van der Waals surface area (Å²) in [4.78, 5) is 5.48. The number of nitrogens with one attached hydrogen (secondary N) is 1. The summed E-state index contributed by atoms with van der Waals surface area (Å²) >= 11 is 1.93. The van der Waals surface area contributed by atoms with Crippen LogP contribution in [-0.4, -0.2) is 36.6 Å². The molecule has 1 aromatic heterocycles. The third-order valence-electron chi connectivity index (χ3n) is 3.86. The highest BCUT2D eigenvalue weighted by Crippen LogP contribution is 2.17. The van der Waals surface area contributed by atoms with E-state index in [0.717, 1.165) is 6.04 Å². The summed E-state index contributed by atoms with van der Waals surface area (Å²) in [5.74, 6) is 0. The van der Waals surface area contributed by atoms with E-state index in [4.69, 9.17) is 0 Å². The summed E-state index contributed by atoms with van der Waals surface area (Å²) in [5.41, 5.74) is 0. The van der Waals surface area contributed by atoms with Crippen LogP contribution in [0.2, 0.25) is 0 Å². The molecule has 0 spiro atoms. The fraction of sp³-hybridized carbons (Fsp3) is 0.733. The second-order valence-corrected chi connectivity index (χ2v) is 6.87. The minimum absolute atomic E-state index is 0.598. The Hall–Kier alpha value is -0.380. The molecule has 0 radical (unpaired) electrons. The lowest BCUT2D eigenvalue weighted by Gasteiger charge is -2.33. The topological polar surface area (TPSA) is 15.3 Å². The normalized spacial score (nSPS) is 20.2. The van der Waals surface area contributed by atoms with E-state index in [1.165, 1.54) is 48.7 Å². The summed E-state index contributed by atoms with van der Waals surface area (Å²) in [6, 6.07) is 5.83. The predicted octanol–water partition coefficient (Wildman–Crippen LogP) is 3.06. The van der Waals surface area contributed by atoms with E-state index in [9.17, 15) is 0 Å². The standard InChI is InChI=1S/C15H26N2S/c1-4-17-9-7-14(8-10-17)16-12(2)11-15-6-5-13(3)18-15/h5-6,12,14,16H,4,7-11H2,1-3H3. The van der Waals surface area contributed by atoms with Gasteiger partial charge in [-0.2, -0.15) is 0 Å². The Morgan fingerprint density at radius 2 is 2.11 bits per heavy atom. The minimum atomic E-state index is 0.598. The molecule has 1 saturated heterocycles. The molecule has 18 heavy (non-hydrogen) atoms. The number of thiophene rings is 1. The second-order valence-electron chi connectivity index (χ2n) is 5.49. The van der Waals surface area contributed by atoms with Crippen molar-refractivity contribution in [1.29, 1.82) is 0 Å². The van der Waals surface area contributed by atoms with Gasteiger partial charge < -0.3 is 10.2 Å². The van der Waals surface area contributed by atoms with Crippen molar-refractivity contribution in [2.75, 3.05) is 19.6 Å². The molecule has 0 bridgehead atoms. The van der Waals surface area contributed by atoms with Crippen LogP contribution in [0, 0.1) is 6.92 Å². The first-order valence-corrected chi connectivity index (χ1v) is 8.02. The summed E-state index contributed by atoms with van der Waals surface area (Å²) < 4.78 is 0. The largest absolute Gasteiger partial charge is 0.311 e. The van der Waals surface area contributed by atoms with Crippen LogP contribution >= 0.6 is 11.3 Å². The number of hydrogen-bond donors (Lipinski definition) is 1. The second kappa shape index (κ2) is 6.69. The lowest BCUT2D eigenvalue weighted by Crippen LogP contribution is -2.45. The Morgan fingerprint density at radius 1 is 1.39 bits per heavy atom. The highest BCUT2D eigenvalue weighted by atomic mass is 32.1. The molecule has 1 aromatic rings. The maximum Gasteiger partial charge on any atom is 0.00940 e. The van der Waals surface area contributed by atoms with E-state index in [0.29, 0.717) is 6.04 Å². The van der Waals surface area contributed by atoms with Crippen LogP contribution in [0.25, 0.3) is 0 Å². The van der Waals surface area contributed by atoms with Gasteiger partial charge >= 0.3 is 0 Å². The zero-order chi connectivity index (χ0) is 13.0. The molecule has 3 heteroatoms. The lowest BCUT2D eigenvalue weighted by atomic mass is 10.0. The molecule has 102 valence electrons. The van der Waals surface area contributed by atoms with Crippen molar-refractivity contribution in [2.24, 2.45) is 0 Å². The van der Waals surface area contributed by atoms with Crippen molar-refractivity contribution in [3.8, 4) is 0 Å². The SMILES string of the molecule is CCN1CCC(NC(C)Cc2ccc(C)s2)CC1. The molecule has 2 rings (SSSR count). The number of piperidine rings is 1. The summed E-state index contributed by atoms with van der Waals surface area (Å²) in [7, 11) is 0. The molecule has 1 fully saturated rings. The van der Waals surface area contributed by atoms with Gasteiger partial charge in [-0.25, -0.2) is 0 Å². The number of likely N-dealkylation sites (tertiary alicyclic amines) is 1. The van der Waals surface area contributed by atoms with Crippen molar-refractivity contribution in [3.63, 3.8) is 0 Å². The monoisotopic (exact) mass is 266 g/mol. The van der Waals surface area contributed by atoms with Crippen molar-refractivity contribution in [2.45, 2.75) is 52.1 Å². The molecular weight excluding hydrogens is 240 g/mol. The van der Waals surface area contributed by atoms with E-state index in [1.54, 1.807) is 0 Å². The maximum atomic E-state index is 3.80. The lowest BCUT2D eigenvalue weighted by molar-refractivity contribution is 0.200. The highest BCUT2D eigenvalue weighted by molar-refractivity contribution is 7.11. The Morgan fingerprint density at radius 3 is 2.67 bits per heavy atom. The fourth-order valence-corrected chi connectivity index (χ4v) is 3.79. The molecule has 1 unspecified atom stereocenters. The smallest absolute Gasteiger partial charge is 0.00940 e. The number of rotatable bonds is 5. The molecule has 1 N–H and O–H groups in total. The van der Waals surface area contributed by atoms with E-state index >= 15 is 0 Å². The van der Waals surface area contributed by atoms with E-state index < -0.39 is 0 Å². The molecule has 0 aromatic carbocycles. The molecule has 0 aliphatic carbocycles. The Bertz CT molecular complexity index is 353. The summed E-state index contributed by atoms with van der Waals surface area (Å²) in [5, 5.41) is 3.80. The third kappa shape index (κ3) is 4.08. The van der Waals surface area contributed by atoms with Crippen molar-refractivity contribution in [3.05, 3.63) is 21.9 Å². The van der Waals surface area contributed by atoms with Gasteiger partial charge in [0.1, 0.15) is 0 Å². The van der Waals surface area contributed by atoms with Gasteiger partial charge in [-0.1, -0.05) is 6.92 Å². The molecular formula is C15H26N2S. The van der Waals surface area contributed by atoms with Gasteiger partial charge in [0.15, 0.2) is 0 Å². The van der Waals surface area contributed by atoms with Crippen LogP contribution in [0.5, 0.6) is 0 Å². The van der Waals surface area contributed by atoms with Gasteiger partial charge in [-0.05, 0) is 64.9 Å². The van der Waals surface area contributed by atoms with Crippen molar-refractivity contribution < 1.29 is 0 Å². The number of aryl methyl sites for hydroxylation is 1. The van der Waals surface area contributed by atoms with Crippen LogP contribution in [-0.2, 0) is 6.42 Å². The summed E-state index contributed by atoms with van der Waals surface area (Å²) in [6.07, 6.45) is 3.79. The van der Waals surface area contributed by atoms with Crippen molar-refractivity contribution in [1.82, 2.24) is 10.2 Å². The van der Waals surface area contributed by atoms with Gasteiger partial charge in [0, 0.05) is 21.8 Å². The van der Waals surface area contributed by atoms with Crippen LogP contribution in [0.1, 0.15) is 36.4 Å². The average Bonchev–Trinajstić information content (AvgIpc) is 2.75. The molecule has 0 saturated carbocycles. The molecule has 1 aliphatic heterocycles. The fourth-order valence-electron chi connectivity index (χ4n) is 2.77. The van der Waals surface area contributed by atoms with Crippen LogP contribution in [0.3, 0.4) is 0 Å². The van der Waals surface area contributed by atoms with Crippen LogP contribution in [0.4, 0.5) is 0 Å². The first-order valence-electron chi connectivity index (χ1n) is 7.21. The number of hydrogen-bond acceptors (Lipinski definition) is 3. The predicted molar refractivity (Wildman–Crippen MR) is 80.5 cm³/mol. The molecule has 2 nitrogen and oxygen atoms in total. The molecule has 1 atom stereocenters. The van der Waals surface area contributed by atoms with Gasteiger partial charge in [0.05, 0.1) is 0 Å². The van der Waals surface area contributed by atoms with Gasteiger partial charge in [-0.3, -0.25) is 0 Å². The average molecular weight is 266 g/mol. The minimum Gasteiger partial charge on any atom is -0.311 e. The Kier molecular flexibility index (Phi) is 5.22. The van der Waals surface area contributed by atoms with E-state index in [-0.39, 0.29) is 0 Å². The Labute approximate surface area is 115 Å². The highest BCUT2D eigenvalue weighted by Gasteiger charge is 2.19. The van der Waals surface area contributed by atoms with Crippen molar-refractivity contribution >= 4 is 11.3 Å². The van der Waals surface area contributed by atoms with Gasteiger partial charge in [0.25, 0.3) is 0 Å². The molecule has 2 heterocycles. The van der Waals surface area contributed by atoms with E-state index in [2.05, 4.69) is 43.1 Å². The summed E-state index contributed by atoms with van der Waals surface area (Å²) in [6.45, 7) is 10.5. The van der Waals surface area contributed by atoms with Crippen LogP contribution < -0.4 is 5.32 Å². The zero-order valence-electron chi connectivity index (χ0n) is 11.9. The van der Waals surface area contributed by atoms with E-state index in [1.807, 2.05) is 11.3 Å². The Balaban J connectivity index is 1.73. The number of nitrogens with zero attached hydrogens (tertiary/aromatic N) is 1. The van der Waals surface area contributed by atoms with Gasteiger partial charge in [-0.15, -0.1) is 11.3 Å². The quantitative estimate of drug-likeness (QED) is 0.881.